The summed E-state index contributed by atoms with van der Waals surface area (Å²) < 4.78 is 0. The number of halogens is 2. The highest BCUT2D eigenvalue weighted by atomic mass is 35.5. The van der Waals surface area contributed by atoms with Crippen molar-refractivity contribution in [2.75, 3.05) is 7.05 Å². The molecule has 0 saturated carbocycles. The minimum Gasteiger partial charge on any atom is -0.275 e. The summed E-state index contributed by atoms with van der Waals surface area (Å²) in [4.78, 5) is 1.86. The summed E-state index contributed by atoms with van der Waals surface area (Å²) in [5, 5.41) is 0. The van der Waals surface area contributed by atoms with Gasteiger partial charge in [-0.15, -0.1) is 23.2 Å². The molecule has 0 amide bonds. The number of hydrogen-bond acceptors (Lipinski definition) is 1. The van der Waals surface area contributed by atoms with E-state index in [0.717, 1.165) is 0 Å². The van der Waals surface area contributed by atoms with Crippen LogP contribution in [0.2, 0.25) is 0 Å². The Morgan fingerprint density at radius 3 is 1.38 bits per heavy atom. The maximum atomic E-state index is 5.66. The Morgan fingerprint density at radius 1 is 1.12 bits per heavy atom. The standard InChI is InChI=1S/C5H11Cl2N/c1-4(6)8(3)5(2)7/h4-5H,1-3H3. The third-order valence-electron chi connectivity index (χ3n) is 1.12. The van der Waals surface area contributed by atoms with E-state index in [2.05, 4.69) is 0 Å². The van der Waals surface area contributed by atoms with Crippen LogP contribution in [0.4, 0.5) is 0 Å². The molecular weight excluding hydrogens is 145 g/mol. The van der Waals surface area contributed by atoms with Crippen molar-refractivity contribution in [2.45, 2.75) is 24.8 Å². The van der Waals surface area contributed by atoms with Gasteiger partial charge < -0.3 is 0 Å². The van der Waals surface area contributed by atoms with Crippen molar-refractivity contribution in [1.29, 1.82) is 0 Å². The summed E-state index contributed by atoms with van der Waals surface area (Å²) in [5.74, 6) is 0. The average molecular weight is 156 g/mol. The molecule has 2 unspecified atom stereocenters. The van der Waals surface area contributed by atoms with Crippen molar-refractivity contribution in [3.63, 3.8) is 0 Å². The molecule has 0 aliphatic rings. The normalized spacial score (nSPS) is 18.8. The van der Waals surface area contributed by atoms with E-state index < -0.39 is 0 Å². The summed E-state index contributed by atoms with van der Waals surface area (Å²) in [6, 6.07) is 0. The number of nitrogens with zero attached hydrogens (tertiary/aromatic N) is 1. The SMILES string of the molecule is CC(Cl)N(C)C(C)Cl. The smallest absolute Gasteiger partial charge is 0.0830 e. The second kappa shape index (κ2) is 3.54. The van der Waals surface area contributed by atoms with Crippen LogP contribution < -0.4 is 0 Å². The van der Waals surface area contributed by atoms with Gasteiger partial charge in [-0.1, -0.05) is 0 Å². The van der Waals surface area contributed by atoms with Gasteiger partial charge in [-0.2, -0.15) is 0 Å². The lowest BCUT2D eigenvalue weighted by atomic mass is 10.6. The Kier molecular flexibility index (Phi) is 3.78. The Labute approximate surface area is 60.6 Å². The first kappa shape index (κ1) is 8.54. The first-order chi connectivity index (χ1) is 3.55. The fraction of sp³-hybridized carbons (Fsp3) is 1.00. The lowest BCUT2D eigenvalue weighted by Crippen LogP contribution is -2.29. The fourth-order valence-electron chi connectivity index (χ4n) is 0.283. The number of alkyl halides is 2. The van der Waals surface area contributed by atoms with E-state index >= 15 is 0 Å². The van der Waals surface area contributed by atoms with Crippen LogP contribution in [0.1, 0.15) is 13.8 Å². The molecule has 2 atom stereocenters. The second-order valence-electron chi connectivity index (χ2n) is 1.81. The van der Waals surface area contributed by atoms with Crippen molar-refractivity contribution in [2.24, 2.45) is 0 Å². The van der Waals surface area contributed by atoms with E-state index in [1.54, 1.807) is 0 Å². The van der Waals surface area contributed by atoms with E-state index in [1.807, 2.05) is 25.8 Å². The third-order valence-corrected chi connectivity index (χ3v) is 1.74. The molecule has 0 saturated heterocycles. The van der Waals surface area contributed by atoms with Gasteiger partial charge in [-0.05, 0) is 20.9 Å². The van der Waals surface area contributed by atoms with Gasteiger partial charge in [-0.25, -0.2) is 0 Å². The molecule has 0 aliphatic heterocycles. The van der Waals surface area contributed by atoms with Crippen molar-refractivity contribution in [3.05, 3.63) is 0 Å². The first-order valence-corrected chi connectivity index (χ1v) is 3.43. The van der Waals surface area contributed by atoms with Crippen LogP contribution >= 0.6 is 23.2 Å². The van der Waals surface area contributed by atoms with Gasteiger partial charge in [0.1, 0.15) is 0 Å². The highest BCUT2D eigenvalue weighted by molar-refractivity contribution is 6.22. The molecule has 8 heavy (non-hydrogen) atoms. The van der Waals surface area contributed by atoms with Crippen LogP contribution in [0.15, 0.2) is 0 Å². The summed E-state index contributed by atoms with van der Waals surface area (Å²) >= 11 is 11.3. The number of hydrogen-bond donors (Lipinski definition) is 0. The van der Waals surface area contributed by atoms with Crippen molar-refractivity contribution in [1.82, 2.24) is 4.90 Å². The van der Waals surface area contributed by atoms with E-state index in [1.165, 1.54) is 0 Å². The molecule has 0 radical (unpaired) electrons. The Balaban J connectivity index is 3.46. The molecule has 0 aromatic heterocycles. The molecule has 0 aliphatic carbocycles. The van der Waals surface area contributed by atoms with Crippen molar-refractivity contribution in [3.8, 4) is 0 Å². The molecule has 0 fully saturated rings. The molecular formula is C5H11Cl2N. The van der Waals surface area contributed by atoms with E-state index in [9.17, 15) is 0 Å². The molecule has 0 N–H and O–H groups in total. The van der Waals surface area contributed by atoms with E-state index in [4.69, 9.17) is 23.2 Å². The zero-order chi connectivity index (χ0) is 6.73. The first-order valence-electron chi connectivity index (χ1n) is 2.55. The predicted molar refractivity (Wildman–Crippen MR) is 38.4 cm³/mol. The molecule has 0 aromatic rings. The largest absolute Gasteiger partial charge is 0.275 e. The quantitative estimate of drug-likeness (QED) is 0.437. The summed E-state index contributed by atoms with van der Waals surface area (Å²) in [7, 11) is 1.88. The Bertz CT molecular complexity index is 55.4. The summed E-state index contributed by atoms with van der Waals surface area (Å²) in [5.41, 5.74) is 0.0324. The summed E-state index contributed by atoms with van der Waals surface area (Å²) in [6.45, 7) is 3.78. The Hall–Kier alpha value is 0.540. The monoisotopic (exact) mass is 155 g/mol. The maximum absolute atomic E-state index is 5.66. The minimum absolute atomic E-state index is 0.0162. The zero-order valence-corrected chi connectivity index (χ0v) is 6.87. The molecule has 0 spiro atoms. The molecule has 1 nitrogen and oxygen atoms in total. The molecule has 0 heterocycles. The van der Waals surface area contributed by atoms with E-state index in [0.29, 0.717) is 0 Å². The Morgan fingerprint density at radius 2 is 1.38 bits per heavy atom. The van der Waals surface area contributed by atoms with Gasteiger partial charge in [0.25, 0.3) is 0 Å². The van der Waals surface area contributed by atoms with Crippen LogP contribution in [-0.2, 0) is 0 Å². The van der Waals surface area contributed by atoms with Gasteiger partial charge >= 0.3 is 0 Å². The van der Waals surface area contributed by atoms with Gasteiger partial charge in [0, 0.05) is 0 Å². The van der Waals surface area contributed by atoms with Crippen LogP contribution in [0.3, 0.4) is 0 Å². The molecule has 50 valence electrons. The molecule has 0 rings (SSSR count). The molecule has 0 aromatic carbocycles. The lowest BCUT2D eigenvalue weighted by Gasteiger charge is -2.21. The fourth-order valence-corrected chi connectivity index (χ4v) is 0.679. The molecule has 3 heteroatoms. The molecule has 0 bridgehead atoms. The van der Waals surface area contributed by atoms with Gasteiger partial charge in [0.15, 0.2) is 0 Å². The van der Waals surface area contributed by atoms with Crippen LogP contribution in [-0.4, -0.2) is 22.9 Å². The zero-order valence-electron chi connectivity index (χ0n) is 5.36. The van der Waals surface area contributed by atoms with Gasteiger partial charge in [0.2, 0.25) is 0 Å². The van der Waals surface area contributed by atoms with Gasteiger partial charge in [-0.3, -0.25) is 4.90 Å². The van der Waals surface area contributed by atoms with Gasteiger partial charge in [0.05, 0.1) is 11.0 Å². The average Bonchev–Trinajstić information content (AvgIpc) is 1.64. The summed E-state index contributed by atoms with van der Waals surface area (Å²) in [6.07, 6.45) is 0. The topological polar surface area (TPSA) is 3.24 Å². The third kappa shape index (κ3) is 2.75. The number of rotatable bonds is 2. The maximum Gasteiger partial charge on any atom is 0.0830 e. The minimum atomic E-state index is 0.0162. The van der Waals surface area contributed by atoms with Crippen molar-refractivity contribution < 1.29 is 0 Å². The predicted octanol–water partition coefficient (Wildman–Crippen LogP) is 2.09. The highest BCUT2D eigenvalue weighted by Crippen LogP contribution is 2.07. The van der Waals surface area contributed by atoms with Crippen LogP contribution in [0.5, 0.6) is 0 Å². The lowest BCUT2D eigenvalue weighted by molar-refractivity contribution is 0.310. The van der Waals surface area contributed by atoms with E-state index in [-0.39, 0.29) is 11.0 Å². The van der Waals surface area contributed by atoms with Crippen LogP contribution in [0, 0.1) is 0 Å². The van der Waals surface area contributed by atoms with Crippen LogP contribution in [0.25, 0.3) is 0 Å². The van der Waals surface area contributed by atoms with Crippen molar-refractivity contribution >= 4 is 23.2 Å². The highest BCUT2D eigenvalue weighted by Gasteiger charge is 2.08. The second-order valence-corrected chi connectivity index (χ2v) is 3.08.